The van der Waals surface area contributed by atoms with Crippen LogP contribution in [0.25, 0.3) is 27.0 Å². The quantitative estimate of drug-likeness (QED) is 0.0756. The normalized spacial score (nSPS) is 21.6. The van der Waals surface area contributed by atoms with E-state index in [0.29, 0.717) is 17.7 Å². The van der Waals surface area contributed by atoms with Gasteiger partial charge in [-0.2, -0.15) is 4.98 Å². The first kappa shape index (κ1) is 48.6. The highest BCUT2D eigenvalue weighted by molar-refractivity contribution is 9.10. The maximum atomic E-state index is 14.8. The van der Waals surface area contributed by atoms with Crippen molar-refractivity contribution in [3.8, 4) is 16.1 Å². The van der Waals surface area contributed by atoms with Gasteiger partial charge in [0.05, 0.1) is 62.3 Å². The van der Waals surface area contributed by atoms with Crippen LogP contribution in [0, 0.1) is 12.3 Å². The second-order valence-corrected chi connectivity index (χ2v) is 23.0. The van der Waals surface area contributed by atoms with Crippen LogP contribution in [0.4, 0.5) is 4.39 Å². The van der Waals surface area contributed by atoms with Crippen LogP contribution in [-0.4, -0.2) is 103 Å². The highest BCUT2D eigenvalue weighted by atomic mass is 79.9. The van der Waals surface area contributed by atoms with E-state index in [1.54, 1.807) is 16.2 Å². The maximum Gasteiger partial charge on any atom is 0.281 e. The van der Waals surface area contributed by atoms with Gasteiger partial charge < -0.3 is 25.7 Å². The summed E-state index contributed by atoms with van der Waals surface area (Å²) in [5, 5.41) is 29.3. The molecule has 15 heteroatoms. The molecule has 5 heterocycles. The van der Waals surface area contributed by atoms with Gasteiger partial charge in [-0.3, -0.25) is 23.9 Å². The Balaban J connectivity index is 0.824. The molecule has 3 fully saturated rings. The minimum Gasteiger partial charge on any atom is -0.392 e. The van der Waals surface area contributed by atoms with E-state index in [-0.39, 0.29) is 43.3 Å². The monoisotopic (exact) mass is 1010 g/mol. The molecule has 3 aliphatic heterocycles. The van der Waals surface area contributed by atoms with Gasteiger partial charge in [0.25, 0.3) is 11.5 Å². The summed E-state index contributed by atoms with van der Waals surface area (Å²) in [4.78, 5) is 54.7. The minimum absolute atomic E-state index is 0.0464. The van der Waals surface area contributed by atoms with Crippen molar-refractivity contribution in [2.45, 2.75) is 147 Å². The number of aryl methyl sites for hydroxylation is 1. The fourth-order valence-electron chi connectivity index (χ4n) is 10.8. The summed E-state index contributed by atoms with van der Waals surface area (Å²) in [5.74, 6) is 0.183. The summed E-state index contributed by atoms with van der Waals surface area (Å²) in [7, 11) is 0. The predicted molar refractivity (Wildman–Crippen MR) is 269 cm³/mol. The number of nitrogens with zero attached hydrogens (tertiary/aromatic N) is 5. The number of alkyl halides is 1. The molecule has 12 nitrogen and oxygen atoms in total. The van der Waals surface area contributed by atoms with Crippen molar-refractivity contribution in [1.82, 2.24) is 35.0 Å². The number of aliphatic hydroxyl groups excluding tert-OH is 2. The molecule has 0 radical (unpaired) electrons. The topological polar surface area (TPSA) is 153 Å². The van der Waals surface area contributed by atoms with Gasteiger partial charge in [0, 0.05) is 11.0 Å². The van der Waals surface area contributed by atoms with Crippen molar-refractivity contribution in [3.05, 3.63) is 109 Å². The number of amides is 2. The van der Waals surface area contributed by atoms with Crippen molar-refractivity contribution < 1.29 is 24.2 Å². The number of likely N-dealkylation sites (tertiary alicyclic amines) is 2. The fourth-order valence-corrected chi connectivity index (χ4v) is 12.2. The smallest absolute Gasteiger partial charge is 0.281 e. The molecule has 2 amide bonds. The Morgan fingerprint density at radius 1 is 1.01 bits per heavy atom. The lowest BCUT2D eigenvalue weighted by molar-refractivity contribution is -0.137. The Hall–Kier alpha value is -4.38. The summed E-state index contributed by atoms with van der Waals surface area (Å²) in [6.45, 7) is 15.0. The molecule has 4 aliphatic rings. The van der Waals surface area contributed by atoms with Crippen LogP contribution in [-0.2, 0) is 15.0 Å². The van der Waals surface area contributed by atoms with Gasteiger partial charge in [-0.1, -0.05) is 76.1 Å². The SMILES string of the molecule is Cc1ncsc1-c1ccc([C@H](CCCCCN2CCC(c3ccc4c(c3)C(C)(C)c3nc(=O)c5c(Br)cccc5n3-4)CC2)NC(=O)[C@@H]2C[C@@H](O)CN2C(O)[C@@H](NC(=O)C2(F)CC2)C(C)(C)C)cc1. The van der Waals surface area contributed by atoms with Crippen molar-refractivity contribution in [3.63, 3.8) is 0 Å². The molecule has 1 unspecified atom stereocenters. The van der Waals surface area contributed by atoms with Crippen molar-refractivity contribution in [1.29, 1.82) is 0 Å². The van der Waals surface area contributed by atoms with Crippen molar-refractivity contribution in [2.75, 3.05) is 26.2 Å². The lowest BCUT2D eigenvalue weighted by atomic mass is 9.81. The summed E-state index contributed by atoms with van der Waals surface area (Å²) < 4.78 is 17.7. The molecule has 3 aromatic carbocycles. The third-order valence-corrected chi connectivity index (χ3v) is 16.7. The zero-order valence-electron chi connectivity index (χ0n) is 40.0. The van der Waals surface area contributed by atoms with Crippen LogP contribution in [0.2, 0.25) is 0 Å². The molecule has 5 atom stereocenters. The number of halogens is 2. The number of piperidine rings is 1. The van der Waals surface area contributed by atoms with Gasteiger partial charge in [-0.25, -0.2) is 9.37 Å². The zero-order chi connectivity index (χ0) is 48.3. The standard InChI is InChI=1S/C53H65BrFN7O5S/c1-31-44(68-30-56-31)34-16-14-33(15-17-34)39(57-46(64)42-28-36(63)29-61(42)48(66)45(51(2,3)4)58-50(67)53(55)22-23-53)12-8-7-9-24-60-25-20-32(21-26-60)35-18-19-40-37(27-35)52(5,6)49-59-47(65)43-38(54)11-10-13-41(43)62(40)49/h10-11,13-19,27,30,32,36,39,42,45,48,63,66H,7-9,12,20-26,28-29H2,1-6H3,(H,57,64)(H,58,67)/t36-,39+,42+,45-,48?/m1/s1. The van der Waals surface area contributed by atoms with Gasteiger partial charge in [0.1, 0.15) is 12.1 Å². The number of aromatic nitrogens is 3. The van der Waals surface area contributed by atoms with E-state index < -0.39 is 46.8 Å². The van der Waals surface area contributed by atoms with Gasteiger partial charge in [0.15, 0.2) is 5.67 Å². The molecule has 2 saturated heterocycles. The van der Waals surface area contributed by atoms with Crippen molar-refractivity contribution in [2.24, 2.45) is 5.41 Å². The molecular weight excluding hydrogens is 946 g/mol. The van der Waals surface area contributed by atoms with Crippen LogP contribution in [0.5, 0.6) is 0 Å². The number of aliphatic hydroxyl groups is 2. The average Bonchev–Trinajstić information content (AvgIpc) is 3.60. The van der Waals surface area contributed by atoms with Gasteiger partial charge in [0.2, 0.25) is 5.91 Å². The number of nitrogens with one attached hydrogen (secondary N) is 2. The summed E-state index contributed by atoms with van der Waals surface area (Å²) in [5.41, 5.74) is 6.14. The molecule has 1 saturated carbocycles. The molecule has 2 aromatic heterocycles. The Bertz CT molecular complexity index is 2740. The van der Waals surface area contributed by atoms with Crippen LogP contribution in [0.3, 0.4) is 0 Å². The number of fused-ring (bicyclic) bond motifs is 5. The van der Waals surface area contributed by atoms with Gasteiger partial charge in [-0.15, -0.1) is 11.3 Å². The first-order valence-corrected chi connectivity index (χ1v) is 26.0. The molecule has 362 valence electrons. The second kappa shape index (κ2) is 19.1. The molecule has 5 aromatic rings. The van der Waals surface area contributed by atoms with E-state index in [0.717, 1.165) is 94.9 Å². The number of carbonyl (C=O) groups is 2. The number of rotatable bonds is 15. The maximum absolute atomic E-state index is 14.8. The van der Waals surface area contributed by atoms with E-state index in [1.165, 1.54) is 11.1 Å². The van der Waals surface area contributed by atoms with E-state index in [2.05, 4.69) is 102 Å². The number of hydrogen-bond acceptors (Lipinski definition) is 10. The zero-order valence-corrected chi connectivity index (χ0v) is 42.4. The Morgan fingerprint density at radius 3 is 2.43 bits per heavy atom. The Morgan fingerprint density at radius 2 is 1.75 bits per heavy atom. The summed E-state index contributed by atoms with van der Waals surface area (Å²) in [6, 6.07) is 18.9. The fraction of sp³-hybridized carbons (Fsp3) is 0.528. The lowest BCUT2D eigenvalue weighted by Crippen LogP contribution is -2.61. The van der Waals surface area contributed by atoms with Crippen LogP contribution >= 0.6 is 27.3 Å². The van der Waals surface area contributed by atoms with Crippen molar-refractivity contribution >= 4 is 50.0 Å². The average molecular weight is 1010 g/mol. The molecule has 0 spiro atoms. The molecule has 9 rings (SSSR count). The predicted octanol–water partition coefficient (Wildman–Crippen LogP) is 8.60. The minimum atomic E-state index is -1.92. The third-order valence-electron chi connectivity index (χ3n) is 15.1. The largest absolute Gasteiger partial charge is 0.392 e. The van der Waals surface area contributed by atoms with E-state index in [4.69, 9.17) is 0 Å². The highest BCUT2D eigenvalue weighted by Crippen LogP contribution is 2.45. The van der Waals surface area contributed by atoms with Crippen LogP contribution in [0.1, 0.15) is 133 Å². The van der Waals surface area contributed by atoms with Gasteiger partial charge in [-0.05, 0) is 153 Å². The van der Waals surface area contributed by atoms with E-state index in [9.17, 15) is 29.0 Å². The number of benzene rings is 3. The number of hydrogen-bond donors (Lipinski definition) is 4. The van der Waals surface area contributed by atoms with E-state index >= 15 is 0 Å². The summed E-state index contributed by atoms with van der Waals surface area (Å²) >= 11 is 5.17. The third kappa shape index (κ3) is 9.60. The number of unbranched alkanes of at least 4 members (excludes halogenated alkanes) is 2. The van der Waals surface area contributed by atoms with Crippen LogP contribution in [0.15, 0.2) is 75.4 Å². The molecule has 0 bridgehead atoms. The van der Waals surface area contributed by atoms with E-state index in [1.807, 2.05) is 51.4 Å². The molecule has 1 aliphatic carbocycles. The molecular formula is C53H65BrFN7O5S. The highest BCUT2D eigenvalue weighted by Gasteiger charge is 2.53. The first-order chi connectivity index (χ1) is 32.3. The number of carbonyl (C=O) groups excluding carboxylic acids is 2. The Labute approximate surface area is 410 Å². The summed E-state index contributed by atoms with van der Waals surface area (Å²) in [6.07, 6.45) is 4.01. The first-order valence-electron chi connectivity index (χ1n) is 24.4. The number of thiazole rings is 1. The van der Waals surface area contributed by atoms with Gasteiger partial charge >= 0.3 is 0 Å². The van der Waals surface area contributed by atoms with Crippen LogP contribution < -0.4 is 16.2 Å². The number of β-amino-alcohol motifs (C(OH)–C–C–N with tert-alkyl or cyclic N) is 1. The molecule has 4 N–H and O–H groups in total. The molecule has 68 heavy (non-hydrogen) atoms. The lowest BCUT2D eigenvalue weighted by Gasteiger charge is -2.41. The second-order valence-electron chi connectivity index (χ2n) is 21.3. The Kier molecular flexibility index (Phi) is 13.6.